The molecule has 7 heteroatoms. The lowest BCUT2D eigenvalue weighted by Gasteiger charge is -2.27. The van der Waals surface area contributed by atoms with Gasteiger partial charge in [-0.25, -0.2) is 8.42 Å². The van der Waals surface area contributed by atoms with Crippen molar-refractivity contribution in [2.75, 3.05) is 11.5 Å². The van der Waals surface area contributed by atoms with E-state index in [2.05, 4.69) is 0 Å². The molecule has 0 saturated carbocycles. The summed E-state index contributed by atoms with van der Waals surface area (Å²) in [5.41, 5.74) is 2.03. The number of hydrogen-bond acceptors (Lipinski definition) is 5. The zero-order valence-corrected chi connectivity index (χ0v) is 18.5. The molecule has 1 aliphatic rings. The third-order valence-electron chi connectivity index (χ3n) is 5.32. The maximum absolute atomic E-state index is 13.6. The Labute approximate surface area is 187 Å². The number of carbonyl (C=O) groups is 1. The molecular formula is C25H23NO5S. The molecule has 164 valence electrons. The van der Waals surface area contributed by atoms with E-state index in [1.165, 1.54) is 17.0 Å². The number of rotatable bonds is 6. The van der Waals surface area contributed by atoms with Crippen molar-refractivity contribution in [1.29, 1.82) is 0 Å². The van der Waals surface area contributed by atoms with Crippen LogP contribution in [0.1, 0.15) is 24.1 Å². The van der Waals surface area contributed by atoms with Crippen molar-refractivity contribution in [3.63, 3.8) is 0 Å². The van der Waals surface area contributed by atoms with Crippen LogP contribution in [-0.2, 0) is 14.6 Å². The Balaban J connectivity index is 1.90. The maximum Gasteiger partial charge on any atom is 0.295 e. The van der Waals surface area contributed by atoms with Gasteiger partial charge in [-0.2, -0.15) is 0 Å². The molecule has 1 amide bonds. The van der Waals surface area contributed by atoms with Gasteiger partial charge in [-0.1, -0.05) is 48.0 Å². The van der Waals surface area contributed by atoms with Crippen LogP contribution in [0.2, 0.25) is 0 Å². The molecule has 1 atom stereocenters. The lowest BCUT2D eigenvalue weighted by atomic mass is 10.1. The molecule has 0 saturated heterocycles. The molecule has 0 aliphatic carbocycles. The summed E-state index contributed by atoms with van der Waals surface area (Å²) in [6.45, 7) is 4.28. The zero-order valence-electron chi connectivity index (χ0n) is 17.7. The lowest BCUT2D eigenvalue weighted by Crippen LogP contribution is -2.31. The number of aliphatic hydroxyl groups excluding tert-OH is 1. The number of aliphatic hydroxyl groups is 1. The number of amides is 1. The van der Waals surface area contributed by atoms with E-state index in [1.807, 2.05) is 26.0 Å². The summed E-state index contributed by atoms with van der Waals surface area (Å²) in [7, 11) is -4.15. The van der Waals surface area contributed by atoms with E-state index in [0.717, 1.165) is 5.56 Å². The van der Waals surface area contributed by atoms with Gasteiger partial charge in [0.2, 0.25) is 9.84 Å². The molecule has 6 nitrogen and oxygen atoms in total. The molecule has 1 unspecified atom stereocenters. The van der Waals surface area contributed by atoms with Crippen molar-refractivity contribution < 1.29 is 23.1 Å². The second-order valence-electron chi connectivity index (χ2n) is 7.44. The molecule has 1 aliphatic heterocycles. The SMILES string of the molecule is CCOc1ccc(C2C(S(=O)(=O)c3ccccc3)=C(O)C(=O)N2c2ccc(C)cc2)cc1. The average Bonchev–Trinajstić information content (AvgIpc) is 3.07. The van der Waals surface area contributed by atoms with E-state index in [0.29, 0.717) is 23.6 Å². The largest absolute Gasteiger partial charge is 0.502 e. The highest BCUT2D eigenvalue weighted by molar-refractivity contribution is 7.95. The maximum atomic E-state index is 13.6. The normalized spacial score (nSPS) is 16.5. The molecule has 3 aromatic carbocycles. The Bertz CT molecular complexity index is 1260. The third kappa shape index (κ3) is 3.76. The first kappa shape index (κ1) is 21.6. The van der Waals surface area contributed by atoms with Crippen LogP contribution in [0.5, 0.6) is 5.75 Å². The number of aryl methyl sites for hydroxylation is 1. The van der Waals surface area contributed by atoms with Crippen LogP contribution in [0.15, 0.2) is 94.4 Å². The lowest BCUT2D eigenvalue weighted by molar-refractivity contribution is -0.117. The van der Waals surface area contributed by atoms with Crippen molar-refractivity contribution >= 4 is 21.4 Å². The predicted octanol–water partition coefficient (Wildman–Crippen LogP) is 4.73. The number of nitrogens with zero attached hydrogens (tertiary/aromatic N) is 1. The van der Waals surface area contributed by atoms with Gasteiger partial charge < -0.3 is 9.84 Å². The molecule has 0 spiro atoms. The number of carbonyl (C=O) groups excluding carboxylic acids is 1. The second-order valence-corrected chi connectivity index (χ2v) is 9.36. The second kappa shape index (κ2) is 8.51. The molecular weight excluding hydrogens is 426 g/mol. The van der Waals surface area contributed by atoms with E-state index in [4.69, 9.17) is 4.74 Å². The van der Waals surface area contributed by atoms with Crippen LogP contribution in [0.4, 0.5) is 5.69 Å². The Kier molecular flexibility index (Phi) is 5.76. The smallest absolute Gasteiger partial charge is 0.295 e. The highest BCUT2D eigenvalue weighted by Gasteiger charge is 2.47. The first-order chi connectivity index (χ1) is 15.3. The number of sulfone groups is 1. The topological polar surface area (TPSA) is 83.9 Å². The summed E-state index contributed by atoms with van der Waals surface area (Å²) in [5, 5.41) is 10.8. The summed E-state index contributed by atoms with van der Waals surface area (Å²) in [6.07, 6.45) is 0. The Morgan fingerprint density at radius 2 is 1.56 bits per heavy atom. The molecule has 0 fully saturated rings. The van der Waals surface area contributed by atoms with E-state index in [1.54, 1.807) is 54.6 Å². The highest BCUT2D eigenvalue weighted by atomic mass is 32.2. The molecule has 0 bridgehead atoms. The zero-order chi connectivity index (χ0) is 22.9. The Morgan fingerprint density at radius 1 is 0.938 bits per heavy atom. The fourth-order valence-electron chi connectivity index (χ4n) is 3.77. The molecule has 0 aromatic heterocycles. The predicted molar refractivity (Wildman–Crippen MR) is 122 cm³/mol. The molecule has 3 aromatic rings. The Morgan fingerprint density at radius 3 is 2.16 bits per heavy atom. The van der Waals surface area contributed by atoms with E-state index >= 15 is 0 Å². The van der Waals surface area contributed by atoms with Crippen molar-refractivity contribution in [3.8, 4) is 5.75 Å². The molecule has 4 rings (SSSR count). The van der Waals surface area contributed by atoms with Gasteiger partial charge in [-0.05, 0) is 55.8 Å². The minimum absolute atomic E-state index is 0.0102. The summed E-state index contributed by atoms with van der Waals surface area (Å²) in [6, 6.07) is 20.8. The average molecular weight is 450 g/mol. The van der Waals surface area contributed by atoms with Gasteiger partial charge in [-0.15, -0.1) is 0 Å². The minimum atomic E-state index is -4.15. The number of anilines is 1. The summed E-state index contributed by atoms with van der Waals surface area (Å²) >= 11 is 0. The van der Waals surface area contributed by atoms with Gasteiger partial charge in [0, 0.05) is 5.69 Å². The third-order valence-corrected chi connectivity index (χ3v) is 7.21. The molecule has 32 heavy (non-hydrogen) atoms. The molecule has 0 radical (unpaired) electrons. The standard InChI is InChI=1S/C25H23NO5S/c1-3-31-20-15-11-18(12-16-20)22-24(32(29,30)21-7-5-4-6-8-21)23(27)25(28)26(22)19-13-9-17(2)10-14-19/h4-16,22,27H,3H2,1-2H3. The van der Waals surface area contributed by atoms with Crippen LogP contribution in [0, 0.1) is 6.92 Å². The first-order valence-corrected chi connectivity index (χ1v) is 11.7. The van der Waals surface area contributed by atoms with Crippen LogP contribution in [0.3, 0.4) is 0 Å². The minimum Gasteiger partial charge on any atom is -0.502 e. The van der Waals surface area contributed by atoms with Gasteiger partial charge >= 0.3 is 0 Å². The van der Waals surface area contributed by atoms with Gasteiger partial charge in [0.15, 0.2) is 5.76 Å². The summed E-state index contributed by atoms with van der Waals surface area (Å²) in [5.74, 6) is -0.904. The summed E-state index contributed by atoms with van der Waals surface area (Å²) < 4.78 is 32.6. The van der Waals surface area contributed by atoms with Gasteiger partial charge in [0.1, 0.15) is 16.7 Å². The van der Waals surface area contributed by atoms with Crippen LogP contribution in [-0.4, -0.2) is 26.0 Å². The van der Waals surface area contributed by atoms with Crippen molar-refractivity contribution in [3.05, 3.63) is 101 Å². The van der Waals surface area contributed by atoms with Gasteiger partial charge in [0.25, 0.3) is 5.91 Å². The Hall–Kier alpha value is -3.58. The fourth-order valence-corrected chi connectivity index (χ4v) is 5.42. The van der Waals surface area contributed by atoms with E-state index in [9.17, 15) is 18.3 Å². The number of benzene rings is 3. The van der Waals surface area contributed by atoms with Gasteiger partial charge in [-0.3, -0.25) is 9.69 Å². The van der Waals surface area contributed by atoms with Crippen LogP contribution >= 0.6 is 0 Å². The van der Waals surface area contributed by atoms with Crippen molar-refractivity contribution in [1.82, 2.24) is 0 Å². The number of hydrogen-bond donors (Lipinski definition) is 1. The van der Waals surface area contributed by atoms with E-state index in [-0.39, 0.29) is 9.80 Å². The fraction of sp³-hybridized carbons (Fsp3) is 0.160. The van der Waals surface area contributed by atoms with Crippen molar-refractivity contribution in [2.45, 2.75) is 24.8 Å². The van der Waals surface area contributed by atoms with Gasteiger partial charge in [0.05, 0.1) is 11.5 Å². The van der Waals surface area contributed by atoms with E-state index < -0.39 is 27.5 Å². The highest BCUT2D eigenvalue weighted by Crippen LogP contribution is 2.45. The van der Waals surface area contributed by atoms with Crippen LogP contribution < -0.4 is 9.64 Å². The first-order valence-electron chi connectivity index (χ1n) is 10.2. The quantitative estimate of drug-likeness (QED) is 0.588. The number of ether oxygens (including phenoxy) is 1. The molecule has 1 heterocycles. The molecule has 1 N–H and O–H groups in total. The monoisotopic (exact) mass is 449 g/mol. The van der Waals surface area contributed by atoms with Crippen LogP contribution in [0.25, 0.3) is 0 Å². The summed E-state index contributed by atoms with van der Waals surface area (Å²) in [4.78, 5) is 14.2. The van der Waals surface area contributed by atoms with Crippen molar-refractivity contribution in [2.24, 2.45) is 0 Å².